The molecular weight excluding hydrogens is 157 g/mol. The highest BCUT2D eigenvalue weighted by Gasteiger charge is 2.39. The number of alkyl halides is 3. The van der Waals surface area contributed by atoms with E-state index in [1.165, 1.54) is 19.0 Å². The smallest absolute Gasteiger partial charge is 0.380 e. The Labute approximate surface area is 63.5 Å². The maximum absolute atomic E-state index is 11.8. The molecule has 2 N–H and O–H groups in total. The first-order valence-corrected chi connectivity index (χ1v) is 2.95. The lowest BCUT2D eigenvalue weighted by Gasteiger charge is -2.23. The SMILES string of the molecule is C=C(C(N)C(F)(F)F)N(C)C. The third kappa shape index (κ3) is 2.80. The summed E-state index contributed by atoms with van der Waals surface area (Å²) >= 11 is 0. The Bertz CT molecular complexity index is 150. The molecule has 0 bridgehead atoms. The van der Waals surface area contributed by atoms with Gasteiger partial charge >= 0.3 is 6.18 Å². The zero-order valence-corrected chi connectivity index (χ0v) is 6.44. The van der Waals surface area contributed by atoms with Crippen molar-refractivity contribution in [3.63, 3.8) is 0 Å². The van der Waals surface area contributed by atoms with Crippen LogP contribution in [0.5, 0.6) is 0 Å². The van der Waals surface area contributed by atoms with E-state index in [9.17, 15) is 13.2 Å². The summed E-state index contributed by atoms with van der Waals surface area (Å²) in [5, 5.41) is 0. The first-order valence-electron chi connectivity index (χ1n) is 2.95. The van der Waals surface area contributed by atoms with E-state index in [-0.39, 0.29) is 5.70 Å². The number of likely N-dealkylation sites (N-methyl/N-ethyl adjacent to an activating group) is 1. The Kier molecular flexibility index (Phi) is 2.92. The first kappa shape index (κ1) is 10.3. The van der Waals surface area contributed by atoms with Gasteiger partial charge in [0.05, 0.1) is 0 Å². The van der Waals surface area contributed by atoms with Gasteiger partial charge in [0.25, 0.3) is 0 Å². The van der Waals surface area contributed by atoms with E-state index in [4.69, 9.17) is 5.73 Å². The first-order chi connectivity index (χ1) is 4.76. The summed E-state index contributed by atoms with van der Waals surface area (Å²) in [4.78, 5) is 1.25. The van der Waals surface area contributed by atoms with Crippen LogP contribution in [0.15, 0.2) is 12.3 Å². The number of hydrogen-bond acceptors (Lipinski definition) is 2. The summed E-state index contributed by atoms with van der Waals surface area (Å²) < 4.78 is 35.5. The Balaban J connectivity index is 4.26. The Morgan fingerprint density at radius 2 is 1.82 bits per heavy atom. The minimum absolute atomic E-state index is 0.141. The second-order valence-electron chi connectivity index (χ2n) is 2.41. The molecule has 0 aliphatic heterocycles. The molecule has 0 aromatic rings. The molecule has 66 valence electrons. The van der Waals surface area contributed by atoms with Gasteiger partial charge in [-0.3, -0.25) is 0 Å². The predicted octanol–water partition coefficient (Wildman–Crippen LogP) is 0.951. The van der Waals surface area contributed by atoms with Crippen LogP contribution in [-0.2, 0) is 0 Å². The standard InChI is InChI=1S/C6H11F3N2/c1-4(11(2)3)5(10)6(7,8)9/h5H,1,10H2,2-3H3. The molecular formula is C6H11F3N2. The average molecular weight is 168 g/mol. The van der Waals surface area contributed by atoms with Crippen molar-refractivity contribution in [2.45, 2.75) is 12.2 Å². The van der Waals surface area contributed by atoms with Crippen LogP contribution >= 0.6 is 0 Å². The largest absolute Gasteiger partial charge is 0.409 e. The Morgan fingerprint density at radius 1 is 1.45 bits per heavy atom. The molecule has 0 aliphatic rings. The second kappa shape index (κ2) is 3.13. The molecule has 0 saturated heterocycles. The minimum atomic E-state index is -4.40. The highest BCUT2D eigenvalue weighted by atomic mass is 19.4. The van der Waals surface area contributed by atoms with Gasteiger partial charge in [0, 0.05) is 19.8 Å². The molecule has 0 amide bonds. The van der Waals surface area contributed by atoms with Crippen LogP contribution in [-0.4, -0.2) is 31.2 Å². The summed E-state index contributed by atoms with van der Waals surface area (Å²) in [6, 6.07) is -1.96. The van der Waals surface area contributed by atoms with Gasteiger partial charge in [-0.25, -0.2) is 0 Å². The Morgan fingerprint density at radius 3 is 1.91 bits per heavy atom. The van der Waals surface area contributed by atoms with Crippen LogP contribution in [0.3, 0.4) is 0 Å². The maximum atomic E-state index is 11.8. The van der Waals surface area contributed by atoms with Gasteiger partial charge in [-0.15, -0.1) is 0 Å². The van der Waals surface area contributed by atoms with Crippen LogP contribution in [0, 0.1) is 0 Å². The zero-order valence-electron chi connectivity index (χ0n) is 6.44. The van der Waals surface area contributed by atoms with Gasteiger partial charge in [0.15, 0.2) is 0 Å². The molecule has 0 radical (unpaired) electrons. The second-order valence-corrected chi connectivity index (χ2v) is 2.41. The lowest BCUT2D eigenvalue weighted by molar-refractivity contribution is -0.142. The summed E-state index contributed by atoms with van der Waals surface area (Å²) in [6.45, 7) is 3.20. The van der Waals surface area contributed by atoms with Crippen molar-refractivity contribution in [2.75, 3.05) is 14.1 Å². The molecule has 0 saturated carbocycles. The van der Waals surface area contributed by atoms with Crippen molar-refractivity contribution in [1.29, 1.82) is 0 Å². The normalized spacial score (nSPS) is 14.4. The predicted molar refractivity (Wildman–Crippen MR) is 36.9 cm³/mol. The van der Waals surface area contributed by atoms with Crippen LogP contribution in [0.25, 0.3) is 0 Å². The number of hydrogen-bond donors (Lipinski definition) is 1. The van der Waals surface area contributed by atoms with Crippen molar-refractivity contribution < 1.29 is 13.2 Å². The van der Waals surface area contributed by atoms with Crippen LogP contribution in [0.4, 0.5) is 13.2 Å². The molecule has 2 nitrogen and oxygen atoms in total. The molecule has 5 heteroatoms. The van der Waals surface area contributed by atoms with E-state index in [1.54, 1.807) is 0 Å². The van der Waals surface area contributed by atoms with Crippen molar-refractivity contribution in [2.24, 2.45) is 5.73 Å². The third-order valence-corrected chi connectivity index (χ3v) is 1.29. The lowest BCUT2D eigenvalue weighted by atomic mass is 10.2. The van der Waals surface area contributed by atoms with E-state index in [0.717, 1.165) is 0 Å². The van der Waals surface area contributed by atoms with E-state index >= 15 is 0 Å². The van der Waals surface area contributed by atoms with Gasteiger partial charge in [-0.05, 0) is 0 Å². The molecule has 0 rings (SSSR count). The van der Waals surface area contributed by atoms with Crippen molar-refractivity contribution >= 4 is 0 Å². The van der Waals surface area contributed by atoms with Gasteiger partial charge in [0.1, 0.15) is 6.04 Å². The third-order valence-electron chi connectivity index (χ3n) is 1.29. The fourth-order valence-corrected chi connectivity index (χ4v) is 0.467. The maximum Gasteiger partial charge on any atom is 0.409 e. The van der Waals surface area contributed by atoms with E-state index < -0.39 is 12.2 Å². The van der Waals surface area contributed by atoms with Crippen LogP contribution in [0.1, 0.15) is 0 Å². The molecule has 1 atom stereocenters. The molecule has 1 unspecified atom stereocenters. The summed E-state index contributed by atoms with van der Waals surface area (Å²) in [5.41, 5.74) is 4.69. The number of rotatable bonds is 2. The lowest BCUT2D eigenvalue weighted by Crippen LogP contribution is -2.42. The molecule has 0 aromatic carbocycles. The average Bonchev–Trinajstić information content (AvgIpc) is 1.82. The topological polar surface area (TPSA) is 29.3 Å². The van der Waals surface area contributed by atoms with E-state index in [2.05, 4.69) is 6.58 Å². The zero-order chi connectivity index (χ0) is 9.23. The highest BCUT2D eigenvalue weighted by molar-refractivity contribution is 5.04. The monoisotopic (exact) mass is 168 g/mol. The van der Waals surface area contributed by atoms with Crippen molar-refractivity contribution in [3.05, 3.63) is 12.3 Å². The Hall–Kier alpha value is -0.710. The van der Waals surface area contributed by atoms with Gasteiger partial charge in [-0.1, -0.05) is 6.58 Å². The van der Waals surface area contributed by atoms with E-state index in [1.807, 2.05) is 0 Å². The van der Waals surface area contributed by atoms with Crippen LogP contribution < -0.4 is 5.73 Å². The molecule has 0 fully saturated rings. The fraction of sp³-hybridized carbons (Fsp3) is 0.667. The van der Waals surface area contributed by atoms with Crippen molar-refractivity contribution in [1.82, 2.24) is 4.90 Å². The molecule has 0 aliphatic carbocycles. The molecule has 0 aromatic heterocycles. The fourth-order valence-electron chi connectivity index (χ4n) is 0.467. The van der Waals surface area contributed by atoms with Gasteiger partial charge in [-0.2, -0.15) is 13.2 Å². The number of nitrogens with zero attached hydrogens (tertiary/aromatic N) is 1. The number of nitrogens with two attached hydrogens (primary N) is 1. The summed E-state index contributed by atoms with van der Waals surface area (Å²) in [7, 11) is 2.93. The van der Waals surface area contributed by atoms with Gasteiger partial charge in [0.2, 0.25) is 0 Å². The van der Waals surface area contributed by atoms with Gasteiger partial charge < -0.3 is 10.6 Å². The summed E-state index contributed by atoms with van der Waals surface area (Å²) in [5.74, 6) is 0. The molecule has 0 heterocycles. The minimum Gasteiger partial charge on any atom is -0.380 e. The molecule has 11 heavy (non-hydrogen) atoms. The van der Waals surface area contributed by atoms with Crippen LogP contribution in [0.2, 0.25) is 0 Å². The quantitative estimate of drug-likeness (QED) is 0.665. The van der Waals surface area contributed by atoms with Crippen molar-refractivity contribution in [3.8, 4) is 0 Å². The summed E-state index contributed by atoms with van der Waals surface area (Å²) in [6.07, 6.45) is -4.40. The number of halogens is 3. The van der Waals surface area contributed by atoms with E-state index in [0.29, 0.717) is 0 Å². The highest BCUT2D eigenvalue weighted by Crippen LogP contribution is 2.23. The molecule has 0 spiro atoms.